The molecule has 2 atom stereocenters. The van der Waals surface area contributed by atoms with E-state index in [-0.39, 0.29) is 25.3 Å². The van der Waals surface area contributed by atoms with E-state index in [0.29, 0.717) is 35.7 Å². The molecule has 1 fully saturated rings. The van der Waals surface area contributed by atoms with E-state index in [9.17, 15) is 9.59 Å². The highest BCUT2D eigenvalue weighted by atomic mass is 16.7. The van der Waals surface area contributed by atoms with Crippen LogP contribution in [-0.2, 0) is 19.1 Å². The minimum atomic E-state index is -0.486. The fourth-order valence-corrected chi connectivity index (χ4v) is 4.70. The molecule has 0 spiro atoms. The molecule has 0 aromatic heterocycles. The first-order valence-electron chi connectivity index (χ1n) is 10.5. The number of ether oxygens (including phenoxy) is 4. The Balaban J connectivity index is 1.51. The minimum absolute atomic E-state index is 0.0542. The van der Waals surface area contributed by atoms with Gasteiger partial charge in [0, 0.05) is 35.9 Å². The van der Waals surface area contributed by atoms with Crippen molar-refractivity contribution in [3.8, 4) is 11.5 Å². The second-order valence-corrected chi connectivity index (χ2v) is 8.11. The summed E-state index contributed by atoms with van der Waals surface area (Å²) in [5, 5.41) is 3.31. The van der Waals surface area contributed by atoms with Gasteiger partial charge in [0.05, 0.1) is 11.7 Å². The molecule has 1 saturated heterocycles. The van der Waals surface area contributed by atoms with Crippen LogP contribution in [0.5, 0.6) is 11.5 Å². The maximum atomic E-state index is 13.2. The largest absolute Gasteiger partial charge is 0.459 e. The minimum Gasteiger partial charge on any atom is -0.459 e. The molecule has 1 N–H and O–H groups in total. The molecule has 0 unspecified atom stereocenters. The summed E-state index contributed by atoms with van der Waals surface area (Å²) < 4.78 is 22.2. The van der Waals surface area contributed by atoms with Crippen LogP contribution in [0, 0.1) is 0 Å². The number of fused-ring (bicyclic) bond motifs is 1. The first-order valence-corrected chi connectivity index (χ1v) is 10.5. The first-order chi connectivity index (χ1) is 14.6. The van der Waals surface area contributed by atoms with Crippen molar-refractivity contribution in [3.63, 3.8) is 0 Å². The molecule has 1 aromatic rings. The van der Waals surface area contributed by atoms with Crippen LogP contribution < -0.4 is 14.8 Å². The molecule has 3 heterocycles. The fourth-order valence-electron chi connectivity index (χ4n) is 4.70. The summed E-state index contributed by atoms with van der Waals surface area (Å²) in [4.78, 5) is 26.1. The van der Waals surface area contributed by atoms with Crippen molar-refractivity contribution in [2.24, 2.45) is 0 Å². The Kier molecular flexibility index (Phi) is 4.98. The molecule has 0 radical (unpaired) electrons. The normalized spacial score (nSPS) is 25.3. The predicted molar refractivity (Wildman–Crippen MR) is 107 cm³/mol. The molecular formula is C23H25NO6. The topological polar surface area (TPSA) is 83.1 Å². The summed E-state index contributed by atoms with van der Waals surface area (Å²) in [6, 6.07) is 5.60. The molecule has 158 valence electrons. The highest BCUT2D eigenvalue weighted by Crippen LogP contribution is 2.45. The van der Waals surface area contributed by atoms with Gasteiger partial charge in [-0.2, -0.15) is 0 Å². The number of esters is 1. The summed E-state index contributed by atoms with van der Waals surface area (Å²) in [6.07, 6.45) is 3.90. The van der Waals surface area contributed by atoms with Gasteiger partial charge >= 0.3 is 5.97 Å². The van der Waals surface area contributed by atoms with Crippen LogP contribution in [0.1, 0.15) is 50.5 Å². The molecule has 4 aliphatic rings. The van der Waals surface area contributed by atoms with Crippen LogP contribution in [0.4, 0.5) is 0 Å². The lowest BCUT2D eigenvalue weighted by atomic mass is 9.75. The van der Waals surface area contributed by atoms with E-state index in [2.05, 4.69) is 5.32 Å². The predicted octanol–water partition coefficient (Wildman–Crippen LogP) is 3.11. The number of Topliss-reactive ketones (excluding diaryl/α,β-unsaturated/α-hetero) is 1. The van der Waals surface area contributed by atoms with E-state index in [1.54, 1.807) is 0 Å². The average molecular weight is 411 g/mol. The Morgan fingerprint density at radius 1 is 1.20 bits per heavy atom. The van der Waals surface area contributed by atoms with E-state index >= 15 is 0 Å². The number of rotatable bonds is 4. The van der Waals surface area contributed by atoms with Gasteiger partial charge in [-0.05, 0) is 50.3 Å². The number of nitrogens with one attached hydrogen (secondary N) is 1. The van der Waals surface area contributed by atoms with Gasteiger partial charge in [0.25, 0.3) is 0 Å². The Morgan fingerprint density at radius 3 is 2.90 bits per heavy atom. The van der Waals surface area contributed by atoms with E-state index in [0.717, 1.165) is 42.6 Å². The number of allylic oxidation sites excluding steroid dienone is 3. The lowest BCUT2D eigenvalue weighted by molar-refractivity contribution is -0.142. The lowest BCUT2D eigenvalue weighted by Gasteiger charge is -2.34. The number of carbonyl (C=O) groups excluding carboxylic acids is 2. The number of ketones is 1. The number of carbonyl (C=O) groups is 2. The van der Waals surface area contributed by atoms with Gasteiger partial charge < -0.3 is 24.3 Å². The number of hydrogen-bond donors (Lipinski definition) is 1. The standard InChI is InChI=1S/C23H25NO6/c1-13-20(23(26)28-11-15-4-3-9-27-15)21(22-16(24-13)5-2-6-17(22)25)14-7-8-18-19(10-14)30-12-29-18/h7-8,10,15,21,24H,2-6,9,11-12H2,1H3/t15-,21-/m0/s1. The first kappa shape index (κ1) is 19.2. The molecule has 30 heavy (non-hydrogen) atoms. The van der Waals surface area contributed by atoms with Crippen LogP contribution in [0.2, 0.25) is 0 Å². The summed E-state index contributed by atoms with van der Waals surface area (Å²) in [5.74, 6) is 0.466. The summed E-state index contributed by atoms with van der Waals surface area (Å²) in [5.41, 5.74) is 3.59. The lowest BCUT2D eigenvalue weighted by Crippen LogP contribution is -2.35. The highest BCUT2D eigenvalue weighted by molar-refractivity contribution is 6.03. The van der Waals surface area contributed by atoms with Crippen LogP contribution in [0.3, 0.4) is 0 Å². The van der Waals surface area contributed by atoms with Gasteiger partial charge in [0.2, 0.25) is 6.79 Å². The average Bonchev–Trinajstić information content (AvgIpc) is 3.42. The molecule has 3 aliphatic heterocycles. The van der Waals surface area contributed by atoms with Gasteiger partial charge in [-0.15, -0.1) is 0 Å². The van der Waals surface area contributed by atoms with Gasteiger partial charge in [0.1, 0.15) is 6.61 Å². The van der Waals surface area contributed by atoms with E-state index < -0.39 is 11.9 Å². The summed E-state index contributed by atoms with van der Waals surface area (Å²) in [6.45, 7) is 2.97. The zero-order valence-corrected chi connectivity index (χ0v) is 17.0. The number of dihydropyridines is 1. The van der Waals surface area contributed by atoms with Crippen LogP contribution in [0.15, 0.2) is 40.7 Å². The van der Waals surface area contributed by atoms with Crippen LogP contribution >= 0.6 is 0 Å². The highest BCUT2D eigenvalue weighted by Gasteiger charge is 2.39. The molecule has 0 amide bonds. The summed E-state index contributed by atoms with van der Waals surface area (Å²) in [7, 11) is 0. The Bertz CT molecular complexity index is 956. The maximum Gasteiger partial charge on any atom is 0.336 e. The third-order valence-corrected chi connectivity index (χ3v) is 6.15. The Morgan fingerprint density at radius 2 is 2.07 bits per heavy atom. The Labute approximate surface area is 175 Å². The third kappa shape index (κ3) is 3.37. The molecule has 5 rings (SSSR count). The fraction of sp³-hybridized carbons (Fsp3) is 0.478. The molecule has 1 aliphatic carbocycles. The second-order valence-electron chi connectivity index (χ2n) is 8.11. The van der Waals surface area contributed by atoms with Crippen LogP contribution in [-0.4, -0.2) is 37.9 Å². The van der Waals surface area contributed by atoms with Crippen molar-refractivity contribution in [2.45, 2.75) is 51.0 Å². The molecule has 7 nitrogen and oxygen atoms in total. The Hall–Kier alpha value is -2.80. The monoisotopic (exact) mass is 411 g/mol. The third-order valence-electron chi connectivity index (χ3n) is 6.15. The molecule has 0 saturated carbocycles. The smallest absolute Gasteiger partial charge is 0.336 e. The van der Waals surface area contributed by atoms with Crippen molar-refractivity contribution in [1.29, 1.82) is 0 Å². The van der Waals surface area contributed by atoms with Crippen molar-refractivity contribution < 1.29 is 28.5 Å². The number of hydrogen-bond acceptors (Lipinski definition) is 7. The molecular weight excluding hydrogens is 386 g/mol. The molecule has 0 bridgehead atoms. The van der Waals surface area contributed by atoms with Crippen molar-refractivity contribution in [1.82, 2.24) is 5.32 Å². The number of benzene rings is 1. The zero-order valence-electron chi connectivity index (χ0n) is 17.0. The maximum absolute atomic E-state index is 13.2. The van der Waals surface area contributed by atoms with Gasteiger partial charge in [-0.1, -0.05) is 6.07 Å². The van der Waals surface area contributed by atoms with E-state index in [4.69, 9.17) is 18.9 Å². The quantitative estimate of drug-likeness (QED) is 0.762. The van der Waals surface area contributed by atoms with Gasteiger partial charge in [-0.25, -0.2) is 4.79 Å². The summed E-state index contributed by atoms with van der Waals surface area (Å²) >= 11 is 0. The molecule has 7 heteroatoms. The molecule has 1 aromatic carbocycles. The zero-order chi connectivity index (χ0) is 20.7. The van der Waals surface area contributed by atoms with Crippen molar-refractivity contribution >= 4 is 11.8 Å². The van der Waals surface area contributed by atoms with Crippen molar-refractivity contribution in [2.75, 3.05) is 20.0 Å². The SMILES string of the molecule is CC1=C(C(=O)OC[C@@H]2CCCO2)[C@H](c2ccc3c(c2)OCO3)C2=C(CCCC2=O)N1. The van der Waals surface area contributed by atoms with Crippen molar-refractivity contribution in [3.05, 3.63) is 46.3 Å². The second kappa shape index (κ2) is 7.80. The van der Waals surface area contributed by atoms with Crippen LogP contribution in [0.25, 0.3) is 0 Å². The van der Waals surface area contributed by atoms with E-state index in [1.807, 2.05) is 25.1 Å². The van der Waals surface area contributed by atoms with Gasteiger partial charge in [-0.3, -0.25) is 4.79 Å². The van der Waals surface area contributed by atoms with E-state index in [1.165, 1.54) is 0 Å². The van der Waals surface area contributed by atoms with Gasteiger partial charge in [0.15, 0.2) is 17.3 Å².